The molecule has 1 amide bonds. The third-order valence-corrected chi connectivity index (χ3v) is 6.32. The third kappa shape index (κ3) is 3.84. The van der Waals surface area contributed by atoms with Crippen molar-refractivity contribution < 1.29 is 9.90 Å². The van der Waals surface area contributed by atoms with E-state index in [-0.39, 0.29) is 23.9 Å². The fraction of sp³-hybridized carbons (Fsp3) is 0.476. The van der Waals surface area contributed by atoms with E-state index in [2.05, 4.69) is 5.10 Å². The number of hydrogen-bond donors (Lipinski definition) is 1. The lowest BCUT2D eigenvalue weighted by atomic mass is 9.71. The Morgan fingerprint density at radius 2 is 1.96 bits per heavy atom. The van der Waals surface area contributed by atoms with Crippen LogP contribution >= 0.6 is 11.6 Å². The Hall–Kier alpha value is -2.18. The smallest absolute Gasteiger partial charge is 0.267 e. The molecule has 1 aromatic heterocycles. The van der Waals surface area contributed by atoms with E-state index in [4.69, 9.17) is 11.6 Å². The number of nitrogens with zero attached hydrogens (tertiary/aromatic N) is 3. The van der Waals surface area contributed by atoms with Gasteiger partial charge < -0.3 is 10.0 Å². The molecule has 1 aliphatic heterocycles. The summed E-state index contributed by atoms with van der Waals surface area (Å²) < 4.78 is 1.22. The fourth-order valence-electron chi connectivity index (χ4n) is 4.36. The van der Waals surface area contributed by atoms with Crippen molar-refractivity contribution in [1.82, 2.24) is 14.7 Å². The second-order valence-corrected chi connectivity index (χ2v) is 8.29. The zero-order valence-electron chi connectivity index (χ0n) is 15.7. The number of halogens is 1. The molecule has 2 aliphatic rings. The monoisotopic (exact) mass is 401 g/mol. The predicted octanol–water partition coefficient (Wildman–Crippen LogP) is 2.72. The maximum atomic E-state index is 12.8. The van der Waals surface area contributed by atoms with Crippen molar-refractivity contribution in [2.45, 2.75) is 44.2 Å². The first-order chi connectivity index (χ1) is 13.4. The van der Waals surface area contributed by atoms with Crippen molar-refractivity contribution >= 4 is 17.5 Å². The molecule has 0 radical (unpaired) electrons. The first-order valence-corrected chi connectivity index (χ1v) is 10.2. The molecule has 2 aromatic rings. The van der Waals surface area contributed by atoms with Crippen LogP contribution in [0.3, 0.4) is 0 Å². The number of hydrogen-bond acceptors (Lipinski definition) is 4. The highest BCUT2D eigenvalue weighted by atomic mass is 35.5. The van der Waals surface area contributed by atoms with Crippen molar-refractivity contribution in [1.29, 1.82) is 0 Å². The van der Waals surface area contributed by atoms with Gasteiger partial charge in [-0.25, -0.2) is 4.68 Å². The molecule has 2 fully saturated rings. The molecule has 4 rings (SSSR count). The molecule has 1 saturated heterocycles. The molecule has 7 heteroatoms. The van der Waals surface area contributed by atoms with Gasteiger partial charge in [0.2, 0.25) is 5.91 Å². The molecule has 1 saturated carbocycles. The number of piperidine rings is 1. The molecule has 148 valence electrons. The lowest BCUT2D eigenvalue weighted by molar-refractivity contribution is -0.144. The Balaban J connectivity index is 1.49. The predicted molar refractivity (Wildman–Crippen MR) is 107 cm³/mol. The Labute approximate surface area is 168 Å². The van der Waals surface area contributed by atoms with Gasteiger partial charge in [0.05, 0.1) is 11.3 Å². The number of likely N-dealkylation sites (tertiary alicyclic amines) is 1. The number of rotatable bonds is 3. The number of fused-ring (bicyclic) bond motifs is 1. The van der Waals surface area contributed by atoms with E-state index in [0.29, 0.717) is 30.2 Å². The van der Waals surface area contributed by atoms with Crippen LogP contribution in [0.15, 0.2) is 41.2 Å². The quantitative estimate of drug-likeness (QED) is 0.858. The SMILES string of the molecule is O=C(Cn1nc(-c2ccc(Cl)cc2)ccc1=O)N1CCC2(O)CCCCC2C1. The van der Waals surface area contributed by atoms with E-state index in [1.54, 1.807) is 23.1 Å². The van der Waals surface area contributed by atoms with Crippen LogP contribution in [0.25, 0.3) is 11.3 Å². The Kier molecular flexibility index (Phi) is 5.25. The first kappa shape index (κ1) is 19.2. The molecule has 2 heterocycles. The average Bonchev–Trinajstić information content (AvgIpc) is 2.69. The lowest BCUT2D eigenvalue weighted by Crippen LogP contribution is -2.55. The molecule has 2 unspecified atom stereocenters. The number of carbonyl (C=O) groups excluding carboxylic acids is 1. The average molecular weight is 402 g/mol. The van der Waals surface area contributed by atoms with Gasteiger partial charge in [-0.05, 0) is 37.5 Å². The van der Waals surface area contributed by atoms with Crippen molar-refractivity contribution in [3.05, 3.63) is 51.8 Å². The molecular formula is C21H24ClN3O3. The van der Waals surface area contributed by atoms with Gasteiger partial charge >= 0.3 is 0 Å². The maximum Gasteiger partial charge on any atom is 0.267 e. The highest BCUT2D eigenvalue weighted by Gasteiger charge is 2.43. The van der Waals surface area contributed by atoms with E-state index in [9.17, 15) is 14.7 Å². The second kappa shape index (κ2) is 7.68. The summed E-state index contributed by atoms with van der Waals surface area (Å²) in [7, 11) is 0. The van der Waals surface area contributed by atoms with E-state index in [0.717, 1.165) is 31.2 Å². The second-order valence-electron chi connectivity index (χ2n) is 7.86. The summed E-state index contributed by atoms with van der Waals surface area (Å²) in [5.41, 5.74) is 0.510. The summed E-state index contributed by atoms with van der Waals surface area (Å²) >= 11 is 5.93. The van der Waals surface area contributed by atoms with Gasteiger partial charge in [0.25, 0.3) is 5.56 Å². The largest absolute Gasteiger partial charge is 0.389 e. The summed E-state index contributed by atoms with van der Waals surface area (Å²) in [4.78, 5) is 26.8. The van der Waals surface area contributed by atoms with Crippen LogP contribution in [0.5, 0.6) is 0 Å². The van der Waals surface area contributed by atoms with Gasteiger partial charge in [0.15, 0.2) is 0 Å². The highest BCUT2D eigenvalue weighted by Crippen LogP contribution is 2.39. The lowest BCUT2D eigenvalue weighted by Gasteiger charge is -2.47. The zero-order chi connectivity index (χ0) is 19.7. The van der Waals surface area contributed by atoms with Crippen molar-refractivity contribution in [2.75, 3.05) is 13.1 Å². The molecule has 1 aliphatic carbocycles. The number of benzene rings is 1. The van der Waals surface area contributed by atoms with Crippen LogP contribution in [0.4, 0.5) is 0 Å². The molecule has 0 spiro atoms. The van der Waals surface area contributed by atoms with Crippen LogP contribution < -0.4 is 5.56 Å². The minimum absolute atomic E-state index is 0.0919. The molecule has 2 atom stereocenters. The molecule has 0 bridgehead atoms. The number of aliphatic hydroxyl groups is 1. The molecule has 1 aromatic carbocycles. The van der Waals surface area contributed by atoms with Crippen LogP contribution in [-0.2, 0) is 11.3 Å². The van der Waals surface area contributed by atoms with Crippen LogP contribution in [0, 0.1) is 5.92 Å². The Bertz CT molecular complexity index is 927. The Morgan fingerprint density at radius 3 is 2.75 bits per heavy atom. The summed E-state index contributed by atoms with van der Waals surface area (Å²) in [6, 6.07) is 10.3. The molecule has 6 nitrogen and oxygen atoms in total. The summed E-state index contributed by atoms with van der Waals surface area (Å²) in [5.74, 6) is -0.000452. The van der Waals surface area contributed by atoms with Crippen molar-refractivity contribution in [3.63, 3.8) is 0 Å². The van der Waals surface area contributed by atoms with Gasteiger partial charge in [0, 0.05) is 35.7 Å². The topological polar surface area (TPSA) is 75.4 Å². The van der Waals surface area contributed by atoms with Gasteiger partial charge in [-0.2, -0.15) is 5.10 Å². The fourth-order valence-corrected chi connectivity index (χ4v) is 4.49. The van der Waals surface area contributed by atoms with Gasteiger partial charge in [-0.15, -0.1) is 0 Å². The van der Waals surface area contributed by atoms with Gasteiger partial charge in [-0.1, -0.05) is 36.6 Å². The van der Waals surface area contributed by atoms with E-state index in [1.807, 2.05) is 12.1 Å². The minimum Gasteiger partial charge on any atom is -0.389 e. The summed E-state index contributed by atoms with van der Waals surface area (Å²) in [6.07, 6.45) is 4.53. The normalized spacial score (nSPS) is 24.6. The number of aromatic nitrogens is 2. The highest BCUT2D eigenvalue weighted by molar-refractivity contribution is 6.30. The zero-order valence-corrected chi connectivity index (χ0v) is 16.4. The van der Waals surface area contributed by atoms with E-state index in [1.165, 1.54) is 10.7 Å². The van der Waals surface area contributed by atoms with Gasteiger partial charge in [-0.3, -0.25) is 9.59 Å². The molecule has 28 heavy (non-hydrogen) atoms. The van der Waals surface area contributed by atoms with Gasteiger partial charge in [0.1, 0.15) is 6.54 Å². The van der Waals surface area contributed by atoms with E-state index < -0.39 is 5.60 Å². The minimum atomic E-state index is -0.626. The van der Waals surface area contributed by atoms with E-state index >= 15 is 0 Å². The molecule has 1 N–H and O–H groups in total. The summed E-state index contributed by atoms with van der Waals surface area (Å²) in [6.45, 7) is 0.990. The van der Waals surface area contributed by atoms with Crippen molar-refractivity contribution in [3.8, 4) is 11.3 Å². The van der Waals surface area contributed by atoms with Crippen LogP contribution in [0.1, 0.15) is 32.1 Å². The number of amides is 1. The third-order valence-electron chi connectivity index (χ3n) is 6.07. The van der Waals surface area contributed by atoms with Crippen LogP contribution in [0.2, 0.25) is 5.02 Å². The first-order valence-electron chi connectivity index (χ1n) is 9.79. The number of carbonyl (C=O) groups is 1. The maximum absolute atomic E-state index is 12.8. The summed E-state index contributed by atoms with van der Waals surface area (Å²) in [5, 5.41) is 15.8. The Morgan fingerprint density at radius 1 is 1.18 bits per heavy atom. The standard InChI is InChI=1S/C21H24ClN3O3/c22-17-6-4-15(5-7-17)18-8-9-19(26)25(23-18)14-20(27)24-12-11-21(28)10-2-1-3-16(21)13-24/h4-9,16,28H,1-3,10-14H2. The van der Waals surface area contributed by atoms with Crippen LogP contribution in [-0.4, -0.2) is 44.4 Å². The van der Waals surface area contributed by atoms with Crippen molar-refractivity contribution in [2.24, 2.45) is 5.92 Å². The molecular weight excluding hydrogens is 378 g/mol.